The average molecular weight is 344 g/mol. The third kappa shape index (κ3) is 3.56. The predicted molar refractivity (Wildman–Crippen MR) is 82.0 cm³/mol. The first kappa shape index (κ1) is 16.8. The second-order valence-electron chi connectivity index (χ2n) is 6.13. The molecule has 0 aliphatic carbocycles. The Hall–Kier alpha value is -1.06. The second kappa shape index (κ2) is 6.45. The summed E-state index contributed by atoms with van der Waals surface area (Å²) in [5, 5.41) is 10.7. The number of aliphatic hydroxyl groups is 1. The molecule has 0 bridgehead atoms. The molecule has 1 aromatic carbocycles. The van der Waals surface area contributed by atoms with Gasteiger partial charge in [0.25, 0.3) is 0 Å². The van der Waals surface area contributed by atoms with Gasteiger partial charge in [0.1, 0.15) is 10.7 Å². The molecule has 2 fully saturated rings. The number of morpholine rings is 1. The van der Waals surface area contributed by atoms with Crippen LogP contribution in [0, 0.1) is 5.82 Å². The summed E-state index contributed by atoms with van der Waals surface area (Å²) in [6.45, 7) is 3.27. The maximum absolute atomic E-state index is 13.8. The van der Waals surface area contributed by atoms with E-state index in [1.54, 1.807) is 0 Å². The van der Waals surface area contributed by atoms with Crippen LogP contribution in [0.5, 0.6) is 0 Å². The molecule has 2 saturated heterocycles. The standard InChI is InChI=1S/C15H21FN2O4S/c16-13-3-1-2-4-14(13)23(20,21)18-6-5-15(19,12-18)11-17-7-9-22-10-8-17/h1-4,19H,5-12H2. The topological polar surface area (TPSA) is 70.1 Å². The molecule has 1 aromatic rings. The van der Waals surface area contributed by atoms with Gasteiger partial charge in [-0.2, -0.15) is 4.31 Å². The maximum atomic E-state index is 13.8. The molecule has 0 aromatic heterocycles. The largest absolute Gasteiger partial charge is 0.387 e. The number of β-amino-alcohol motifs (C(OH)–C–C–N with tert-alkyl or cyclic N) is 1. The first-order valence-electron chi connectivity index (χ1n) is 7.68. The maximum Gasteiger partial charge on any atom is 0.246 e. The van der Waals surface area contributed by atoms with Crippen molar-refractivity contribution in [2.75, 3.05) is 45.9 Å². The Bertz CT molecular complexity index is 663. The van der Waals surface area contributed by atoms with Crippen LogP contribution in [0.15, 0.2) is 29.2 Å². The van der Waals surface area contributed by atoms with E-state index in [9.17, 15) is 17.9 Å². The van der Waals surface area contributed by atoms with Gasteiger partial charge in [0, 0.05) is 32.7 Å². The first-order chi connectivity index (χ1) is 10.9. The van der Waals surface area contributed by atoms with Gasteiger partial charge in [0.15, 0.2) is 0 Å². The van der Waals surface area contributed by atoms with Crippen LogP contribution in [-0.2, 0) is 14.8 Å². The molecule has 1 N–H and O–H groups in total. The molecule has 6 nitrogen and oxygen atoms in total. The smallest absolute Gasteiger partial charge is 0.246 e. The molecule has 0 amide bonds. The molecule has 8 heteroatoms. The number of ether oxygens (including phenoxy) is 1. The fraction of sp³-hybridized carbons (Fsp3) is 0.600. The van der Waals surface area contributed by atoms with Crippen LogP contribution >= 0.6 is 0 Å². The zero-order valence-corrected chi connectivity index (χ0v) is 13.6. The van der Waals surface area contributed by atoms with Crippen molar-refractivity contribution >= 4 is 10.0 Å². The minimum atomic E-state index is -3.93. The van der Waals surface area contributed by atoms with Crippen molar-refractivity contribution in [1.29, 1.82) is 0 Å². The van der Waals surface area contributed by atoms with Gasteiger partial charge in [-0.05, 0) is 18.6 Å². The number of sulfonamides is 1. The summed E-state index contributed by atoms with van der Waals surface area (Å²) in [5.41, 5.74) is -1.10. The van der Waals surface area contributed by atoms with E-state index in [0.717, 1.165) is 19.2 Å². The van der Waals surface area contributed by atoms with Crippen LogP contribution in [0.1, 0.15) is 6.42 Å². The van der Waals surface area contributed by atoms with Crippen LogP contribution in [0.2, 0.25) is 0 Å². The van der Waals surface area contributed by atoms with E-state index in [1.807, 2.05) is 0 Å². The SMILES string of the molecule is O=S(=O)(c1ccccc1F)N1CCC(O)(CN2CCOCC2)C1. The Morgan fingerprint density at radius 1 is 1.22 bits per heavy atom. The van der Waals surface area contributed by atoms with Crippen LogP contribution < -0.4 is 0 Å². The number of hydrogen-bond donors (Lipinski definition) is 1. The lowest BCUT2D eigenvalue weighted by molar-refractivity contribution is -0.0239. The number of benzene rings is 1. The zero-order chi connectivity index (χ0) is 16.5. The Kier molecular flexibility index (Phi) is 4.70. The third-order valence-corrected chi connectivity index (χ3v) is 6.25. The summed E-state index contributed by atoms with van der Waals surface area (Å²) in [4.78, 5) is 1.73. The molecule has 0 radical (unpaired) electrons. The highest BCUT2D eigenvalue weighted by Gasteiger charge is 2.43. The van der Waals surface area contributed by atoms with Gasteiger partial charge in [-0.1, -0.05) is 12.1 Å². The number of nitrogens with zero attached hydrogens (tertiary/aromatic N) is 2. The molecule has 3 rings (SSSR count). The van der Waals surface area contributed by atoms with E-state index in [2.05, 4.69) is 4.90 Å². The van der Waals surface area contributed by atoms with Crippen molar-refractivity contribution in [1.82, 2.24) is 9.21 Å². The molecular weight excluding hydrogens is 323 g/mol. The van der Waals surface area contributed by atoms with Gasteiger partial charge in [-0.15, -0.1) is 0 Å². The minimum absolute atomic E-state index is 0.0129. The highest BCUT2D eigenvalue weighted by atomic mass is 32.2. The van der Waals surface area contributed by atoms with Crippen molar-refractivity contribution in [3.8, 4) is 0 Å². The van der Waals surface area contributed by atoms with Crippen LogP contribution in [0.3, 0.4) is 0 Å². The molecule has 0 saturated carbocycles. The minimum Gasteiger partial charge on any atom is -0.387 e. The second-order valence-corrected chi connectivity index (χ2v) is 8.04. The van der Waals surface area contributed by atoms with E-state index in [4.69, 9.17) is 4.74 Å². The lowest BCUT2D eigenvalue weighted by atomic mass is 10.0. The first-order valence-corrected chi connectivity index (χ1v) is 9.12. The summed E-state index contributed by atoms with van der Waals surface area (Å²) >= 11 is 0. The lowest BCUT2D eigenvalue weighted by Crippen LogP contribution is -2.49. The Balaban J connectivity index is 1.72. The van der Waals surface area contributed by atoms with Gasteiger partial charge < -0.3 is 9.84 Å². The number of halogens is 1. The van der Waals surface area contributed by atoms with Gasteiger partial charge in [0.05, 0.1) is 18.8 Å². The van der Waals surface area contributed by atoms with Gasteiger partial charge >= 0.3 is 0 Å². The highest BCUT2D eigenvalue weighted by molar-refractivity contribution is 7.89. The van der Waals surface area contributed by atoms with Crippen molar-refractivity contribution in [3.63, 3.8) is 0 Å². The summed E-state index contributed by atoms with van der Waals surface area (Å²) in [6, 6.07) is 5.33. The molecule has 2 aliphatic heterocycles. The molecular formula is C15H21FN2O4S. The number of rotatable bonds is 4. The van der Waals surface area contributed by atoms with E-state index in [0.29, 0.717) is 26.2 Å². The monoisotopic (exact) mass is 344 g/mol. The molecule has 1 atom stereocenters. The molecule has 1 unspecified atom stereocenters. The summed E-state index contributed by atoms with van der Waals surface area (Å²) in [7, 11) is -3.93. The summed E-state index contributed by atoms with van der Waals surface area (Å²) in [5.74, 6) is -0.767. The van der Waals surface area contributed by atoms with E-state index < -0.39 is 21.4 Å². The van der Waals surface area contributed by atoms with E-state index in [1.165, 1.54) is 22.5 Å². The molecule has 128 valence electrons. The van der Waals surface area contributed by atoms with Crippen LogP contribution in [-0.4, -0.2) is 74.3 Å². The highest BCUT2D eigenvalue weighted by Crippen LogP contribution is 2.29. The Morgan fingerprint density at radius 3 is 2.61 bits per heavy atom. The van der Waals surface area contributed by atoms with Gasteiger partial charge in [0.2, 0.25) is 10.0 Å². The average Bonchev–Trinajstić information content (AvgIpc) is 2.91. The van der Waals surface area contributed by atoms with E-state index in [-0.39, 0.29) is 18.0 Å². The van der Waals surface area contributed by atoms with E-state index >= 15 is 0 Å². The summed E-state index contributed by atoms with van der Waals surface area (Å²) in [6.07, 6.45) is 0.345. The molecule has 2 aliphatic rings. The van der Waals surface area contributed by atoms with Crippen molar-refractivity contribution < 1.29 is 22.7 Å². The van der Waals surface area contributed by atoms with Gasteiger partial charge in [-0.3, -0.25) is 4.90 Å². The van der Waals surface area contributed by atoms with Crippen molar-refractivity contribution in [2.45, 2.75) is 16.9 Å². The fourth-order valence-corrected chi connectivity index (χ4v) is 4.71. The normalized spacial score (nSPS) is 27.4. The molecule has 2 heterocycles. The van der Waals surface area contributed by atoms with Crippen molar-refractivity contribution in [2.24, 2.45) is 0 Å². The predicted octanol–water partition coefficient (Wildman–Crippen LogP) is 0.283. The summed E-state index contributed by atoms with van der Waals surface area (Å²) < 4.78 is 45.4. The molecule has 23 heavy (non-hydrogen) atoms. The van der Waals surface area contributed by atoms with Crippen molar-refractivity contribution in [3.05, 3.63) is 30.1 Å². The Morgan fingerprint density at radius 2 is 1.91 bits per heavy atom. The quantitative estimate of drug-likeness (QED) is 0.850. The third-order valence-electron chi connectivity index (χ3n) is 4.37. The van der Waals surface area contributed by atoms with Crippen LogP contribution in [0.25, 0.3) is 0 Å². The lowest BCUT2D eigenvalue weighted by Gasteiger charge is -2.33. The Labute approximate surface area is 135 Å². The van der Waals surface area contributed by atoms with Crippen LogP contribution in [0.4, 0.5) is 4.39 Å². The van der Waals surface area contributed by atoms with Gasteiger partial charge in [-0.25, -0.2) is 12.8 Å². The zero-order valence-electron chi connectivity index (χ0n) is 12.8. The fourth-order valence-electron chi connectivity index (χ4n) is 3.12. The molecule has 0 spiro atoms. The number of hydrogen-bond acceptors (Lipinski definition) is 5.